The third-order valence-electron chi connectivity index (χ3n) is 4.80. The van der Waals surface area contributed by atoms with Gasteiger partial charge in [-0.15, -0.1) is 0 Å². The van der Waals surface area contributed by atoms with Crippen LogP contribution in [-0.4, -0.2) is 57.4 Å². The average molecular weight is 301 g/mol. The number of aromatic nitrogens is 2. The average Bonchev–Trinajstić information content (AvgIpc) is 3.18. The van der Waals surface area contributed by atoms with Gasteiger partial charge in [0.2, 0.25) is 0 Å². The smallest absolute Gasteiger partial charge is 0.254 e. The molecule has 0 radical (unpaired) electrons. The zero-order chi connectivity index (χ0) is 15.1. The van der Waals surface area contributed by atoms with Crippen molar-refractivity contribution in [2.75, 3.05) is 19.8 Å². The summed E-state index contributed by atoms with van der Waals surface area (Å²) in [7, 11) is 0. The van der Waals surface area contributed by atoms with Crippen molar-refractivity contribution in [1.29, 1.82) is 0 Å². The monoisotopic (exact) mass is 301 g/mol. The Balaban J connectivity index is 1.60. The van der Waals surface area contributed by atoms with E-state index in [0.29, 0.717) is 18.7 Å². The molecule has 2 aliphatic rings. The van der Waals surface area contributed by atoms with Crippen LogP contribution in [0.4, 0.5) is 0 Å². The lowest BCUT2D eigenvalue weighted by molar-refractivity contribution is -0.0448. The van der Waals surface area contributed by atoms with Crippen LogP contribution in [0.15, 0.2) is 30.6 Å². The van der Waals surface area contributed by atoms with Crippen LogP contribution >= 0.6 is 0 Å². The van der Waals surface area contributed by atoms with Crippen molar-refractivity contribution in [3.63, 3.8) is 0 Å². The van der Waals surface area contributed by atoms with Crippen LogP contribution in [0.25, 0.3) is 5.52 Å². The van der Waals surface area contributed by atoms with Crippen LogP contribution in [0, 0.1) is 5.92 Å². The van der Waals surface area contributed by atoms with E-state index in [1.165, 1.54) is 0 Å². The number of hydrogen-bond donors (Lipinski definition) is 1. The molecule has 1 saturated carbocycles. The van der Waals surface area contributed by atoms with E-state index < -0.39 is 0 Å². The van der Waals surface area contributed by atoms with Gasteiger partial charge in [0.1, 0.15) is 0 Å². The highest BCUT2D eigenvalue weighted by molar-refractivity contribution is 5.95. The maximum atomic E-state index is 12.9. The normalized spacial score (nSPS) is 28.0. The van der Waals surface area contributed by atoms with Gasteiger partial charge in [0.15, 0.2) is 0 Å². The van der Waals surface area contributed by atoms with Crippen molar-refractivity contribution in [1.82, 2.24) is 14.5 Å². The van der Waals surface area contributed by atoms with Gasteiger partial charge in [0.25, 0.3) is 5.91 Å². The molecule has 1 amide bonds. The number of hydrogen-bond acceptors (Lipinski definition) is 4. The number of rotatable bonds is 2. The van der Waals surface area contributed by atoms with E-state index in [4.69, 9.17) is 4.74 Å². The van der Waals surface area contributed by atoms with E-state index in [1.807, 2.05) is 29.3 Å². The summed E-state index contributed by atoms with van der Waals surface area (Å²) in [5, 5.41) is 13.5. The van der Waals surface area contributed by atoms with E-state index in [0.717, 1.165) is 18.4 Å². The van der Waals surface area contributed by atoms with Crippen molar-refractivity contribution in [2.24, 2.45) is 5.92 Å². The van der Waals surface area contributed by atoms with Crippen molar-refractivity contribution in [3.05, 3.63) is 36.2 Å². The SMILES string of the molecule is O=C(c1ccn2nccc2c1)N1CCOC2C[C@H](CO)C[C@@H]21. The zero-order valence-electron chi connectivity index (χ0n) is 12.3. The standard InChI is InChI=1S/C16H19N3O3/c20-10-11-7-14-15(8-11)22-6-5-18(14)16(21)12-2-4-19-13(9-12)1-3-17-19/h1-4,9,11,14-15,20H,5-8,10H2/t11-,14+,15?/m1/s1. The van der Waals surface area contributed by atoms with Gasteiger partial charge in [0.05, 0.1) is 24.3 Å². The van der Waals surface area contributed by atoms with Gasteiger partial charge in [-0.05, 0) is 37.0 Å². The number of amides is 1. The molecule has 0 aromatic carbocycles. The summed E-state index contributed by atoms with van der Waals surface area (Å²) in [5.41, 5.74) is 1.59. The quantitative estimate of drug-likeness (QED) is 0.896. The van der Waals surface area contributed by atoms with Gasteiger partial charge >= 0.3 is 0 Å². The van der Waals surface area contributed by atoms with Crippen molar-refractivity contribution < 1.29 is 14.6 Å². The van der Waals surface area contributed by atoms with Gasteiger partial charge in [-0.2, -0.15) is 5.10 Å². The molecular weight excluding hydrogens is 282 g/mol. The van der Waals surface area contributed by atoms with Crippen LogP contribution in [0.1, 0.15) is 23.2 Å². The molecule has 1 saturated heterocycles. The topological polar surface area (TPSA) is 67.1 Å². The number of nitrogens with zero attached hydrogens (tertiary/aromatic N) is 3. The second kappa shape index (κ2) is 5.37. The summed E-state index contributed by atoms with van der Waals surface area (Å²) in [5.74, 6) is 0.279. The van der Waals surface area contributed by atoms with Gasteiger partial charge in [-0.3, -0.25) is 4.79 Å². The van der Waals surface area contributed by atoms with Crippen LogP contribution in [0.2, 0.25) is 0 Å². The Hall–Kier alpha value is -1.92. The fourth-order valence-corrected chi connectivity index (χ4v) is 3.67. The Morgan fingerprint density at radius 3 is 3.18 bits per heavy atom. The third-order valence-corrected chi connectivity index (χ3v) is 4.80. The molecule has 0 bridgehead atoms. The summed E-state index contributed by atoms with van der Waals surface area (Å²) < 4.78 is 7.54. The third kappa shape index (κ3) is 2.19. The predicted molar refractivity (Wildman–Crippen MR) is 79.6 cm³/mol. The number of pyridine rings is 1. The molecule has 6 heteroatoms. The van der Waals surface area contributed by atoms with E-state index in [9.17, 15) is 9.90 Å². The lowest BCUT2D eigenvalue weighted by Gasteiger charge is -2.37. The van der Waals surface area contributed by atoms with E-state index in [-0.39, 0.29) is 30.6 Å². The molecule has 2 aromatic rings. The molecule has 0 spiro atoms. The number of aliphatic hydroxyl groups excluding tert-OH is 1. The molecule has 2 aromatic heterocycles. The maximum absolute atomic E-state index is 12.9. The maximum Gasteiger partial charge on any atom is 0.254 e. The van der Waals surface area contributed by atoms with E-state index in [1.54, 1.807) is 10.7 Å². The Kier molecular flexibility index (Phi) is 3.35. The highest BCUT2D eigenvalue weighted by Gasteiger charge is 2.42. The van der Waals surface area contributed by atoms with Gasteiger partial charge < -0.3 is 14.7 Å². The Labute approximate surface area is 128 Å². The minimum absolute atomic E-state index is 0.0422. The molecule has 4 rings (SSSR count). The van der Waals surface area contributed by atoms with Crippen molar-refractivity contribution in [2.45, 2.75) is 25.0 Å². The largest absolute Gasteiger partial charge is 0.396 e. The second-order valence-corrected chi connectivity index (χ2v) is 6.11. The van der Waals surface area contributed by atoms with Crippen LogP contribution in [0.3, 0.4) is 0 Å². The summed E-state index contributed by atoms with van der Waals surface area (Å²) in [6.45, 7) is 1.35. The first-order chi connectivity index (χ1) is 10.8. The molecular formula is C16H19N3O3. The molecule has 22 heavy (non-hydrogen) atoms. The number of aliphatic hydroxyl groups is 1. The first-order valence-electron chi connectivity index (χ1n) is 7.73. The van der Waals surface area contributed by atoms with Crippen LogP contribution in [0.5, 0.6) is 0 Å². The second-order valence-electron chi connectivity index (χ2n) is 6.11. The molecule has 1 aliphatic carbocycles. The fraction of sp³-hybridized carbons (Fsp3) is 0.500. The van der Waals surface area contributed by atoms with Gasteiger partial charge in [-0.25, -0.2) is 4.52 Å². The molecule has 6 nitrogen and oxygen atoms in total. The minimum atomic E-state index is 0.0422. The number of fused-ring (bicyclic) bond motifs is 2. The number of morpholine rings is 1. The van der Waals surface area contributed by atoms with Crippen LogP contribution < -0.4 is 0 Å². The molecule has 3 atom stereocenters. The highest BCUT2D eigenvalue weighted by atomic mass is 16.5. The van der Waals surface area contributed by atoms with Crippen molar-refractivity contribution in [3.8, 4) is 0 Å². The first kappa shape index (κ1) is 13.7. The highest BCUT2D eigenvalue weighted by Crippen LogP contribution is 2.34. The lowest BCUT2D eigenvalue weighted by Crippen LogP contribution is -2.51. The van der Waals surface area contributed by atoms with Crippen LogP contribution in [-0.2, 0) is 4.74 Å². The van der Waals surface area contributed by atoms with Gasteiger partial charge in [0, 0.05) is 31.1 Å². The zero-order valence-corrected chi connectivity index (χ0v) is 12.3. The number of ether oxygens (including phenoxy) is 1. The molecule has 3 heterocycles. The number of carbonyl (C=O) groups is 1. The Bertz CT molecular complexity index is 699. The Morgan fingerprint density at radius 2 is 2.32 bits per heavy atom. The molecule has 1 unspecified atom stereocenters. The molecule has 2 fully saturated rings. The fourth-order valence-electron chi connectivity index (χ4n) is 3.67. The summed E-state index contributed by atoms with van der Waals surface area (Å²) in [6.07, 6.45) is 5.26. The summed E-state index contributed by atoms with van der Waals surface area (Å²) >= 11 is 0. The molecule has 1 N–H and O–H groups in total. The minimum Gasteiger partial charge on any atom is -0.396 e. The predicted octanol–water partition coefficient (Wildman–Crippen LogP) is 0.946. The first-order valence-corrected chi connectivity index (χ1v) is 7.73. The lowest BCUT2D eigenvalue weighted by atomic mass is 10.1. The summed E-state index contributed by atoms with van der Waals surface area (Å²) in [4.78, 5) is 14.8. The van der Waals surface area contributed by atoms with Crippen molar-refractivity contribution >= 4 is 11.4 Å². The summed E-state index contributed by atoms with van der Waals surface area (Å²) in [6, 6.07) is 5.65. The number of carbonyl (C=O) groups excluding carboxylic acids is 1. The Morgan fingerprint density at radius 1 is 1.41 bits per heavy atom. The van der Waals surface area contributed by atoms with Gasteiger partial charge in [-0.1, -0.05) is 0 Å². The molecule has 116 valence electrons. The van der Waals surface area contributed by atoms with E-state index >= 15 is 0 Å². The van der Waals surface area contributed by atoms with E-state index in [2.05, 4.69) is 5.10 Å². The molecule has 1 aliphatic heterocycles.